The molecule has 0 fully saturated rings. The van der Waals surface area contributed by atoms with Crippen molar-refractivity contribution in [1.82, 2.24) is 14.5 Å². The molecule has 1 atom stereocenters. The molecule has 1 aromatic heterocycles. The van der Waals surface area contributed by atoms with Crippen LogP contribution >= 0.6 is 0 Å². The van der Waals surface area contributed by atoms with E-state index in [1.807, 2.05) is 0 Å². The standard InChI is InChI=1S/C5H7N3O4/c1-2(9)8-4(11)6-3(10)7-5(8)12/h2,9H,1H3,(H2,6,7,10,11,12). The summed E-state index contributed by atoms with van der Waals surface area (Å²) in [5.74, 6) is 0. The molecule has 0 bridgehead atoms. The van der Waals surface area contributed by atoms with Crippen LogP contribution in [-0.4, -0.2) is 19.6 Å². The van der Waals surface area contributed by atoms with Crippen LogP contribution in [0, 0.1) is 0 Å². The van der Waals surface area contributed by atoms with Crippen molar-refractivity contribution in [2.45, 2.75) is 13.2 Å². The number of nitrogens with one attached hydrogen (secondary N) is 2. The minimum atomic E-state index is -1.27. The molecular formula is C5H7N3O4. The third-order valence-electron chi connectivity index (χ3n) is 1.25. The number of aliphatic hydroxyl groups excluding tert-OH is 1. The molecule has 7 heteroatoms. The maximum atomic E-state index is 10.8. The lowest BCUT2D eigenvalue weighted by molar-refractivity contribution is 0.113. The Balaban J connectivity index is 3.61. The maximum absolute atomic E-state index is 10.8. The summed E-state index contributed by atoms with van der Waals surface area (Å²) >= 11 is 0. The van der Waals surface area contributed by atoms with Crippen LogP contribution in [0.1, 0.15) is 13.2 Å². The topological polar surface area (TPSA) is 108 Å². The Morgan fingerprint density at radius 1 is 1.25 bits per heavy atom. The van der Waals surface area contributed by atoms with E-state index in [-0.39, 0.29) is 0 Å². The zero-order valence-electron chi connectivity index (χ0n) is 6.20. The summed E-state index contributed by atoms with van der Waals surface area (Å²) in [4.78, 5) is 35.7. The van der Waals surface area contributed by atoms with E-state index in [1.165, 1.54) is 6.92 Å². The van der Waals surface area contributed by atoms with Crippen molar-refractivity contribution in [3.8, 4) is 0 Å². The number of H-pyrrole nitrogens is 2. The van der Waals surface area contributed by atoms with Crippen molar-refractivity contribution < 1.29 is 5.11 Å². The van der Waals surface area contributed by atoms with E-state index in [1.54, 1.807) is 9.97 Å². The van der Waals surface area contributed by atoms with E-state index in [2.05, 4.69) is 0 Å². The Bertz CT molecular complexity index is 403. The van der Waals surface area contributed by atoms with Gasteiger partial charge < -0.3 is 5.11 Å². The number of rotatable bonds is 1. The van der Waals surface area contributed by atoms with Gasteiger partial charge in [-0.3, -0.25) is 9.97 Å². The number of hydrogen-bond donors (Lipinski definition) is 3. The molecule has 66 valence electrons. The van der Waals surface area contributed by atoms with Crippen molar-refractivity contribution in [2.75, 3.05) is 0 Å². The van der Waals surface area contributed by atoms with Crippen molar-refractivity contribution in [3.63, 3.8) is 0 Å². The van der Waals surface area contributed by atoms with Gasteiger partial charge in [0, 0.05) is 0 Å². The van der Waals surface area contributed by atoms with Crippen molar-refractivity contribution in [1.29, 1.82) is 0 Å². The lowest BCUT2D eigenvalue weighted by Crippen LogP contribution is -2.44. The van der Waals surface area contributed by atoms with Crippen LogP contribution in [0.15, 0.2) is 14.4 Å². The molecule has 12 heavy (non-hydrogen) atoms. The van der Waals surface area contributed by atoms with Gasteiger partial charge in [0.1, 0.15) is 6.23 Å². The summed E-state index contributed by atoms with van der Waals surface area (Å²) in [5.41, 5.74) is -2.75. The highest BCUT2D eigenvalue weighted by Crippen LogP contribution is 1.85. The first-order chi connectivity index (χ1) is 5.52. The van der Waals surface area contributed by atoms with Gasteiger partial charge in [-0.25, -0.2) is 19.0 Å². The molecule has 0 saturated carbocycles. The second kappa shape index (κ2) is 2.78. The van der Waals surface area contributed by atoms with Crippen LogP contribution in [0.2, 0.25) is 0 Å². The molecule has 3 N–H and O–H groups in total. The van der Waals surface area contributed by atoms with Gasteiger partial charge in [0.2, 0.25) is 0 Å². The normalized spacial score (nSPS) is 12.8. The van der Waals surface area contributed by atoms with Crippen molar-refractivity contribution in [2.24, 2.45) is 0 Å². The molecule has 1 aromatic rings. The molecule has 0 saturated heterocycles. The molecule has 1 heterocycles. The highest BCUT2D eigenvalue weighted by atomic mass is 16.3. The summed E-state index contributed by atoms with van der Waals surface area (Å²) in [6, 6.07) is 0. The first-order valence-corrected chi connectivity index (χ1v) is 3.15. The van der Waals surface area contributed by atoms with Gasteiger partial charge >= 0.3 is 17.1 Å². The first kappa shape index (κ1) is 8.47. The van der Waals surface area contributed by atoms with Gasteiger partial charge in [0.05, 0.1) is 0 Å². The fourth-order valence-corrected chi connectivity index (χ4v) is 0.778. The van der Waals surface area contributed by atoms with Crippen molar-refractivity contribution in [3.05, 3.63) is 31.5 Å². The van der Waals surface area contributed by atoms with Gasteiger partial charge in [-0.05, 0) is 6.92 Å². The molecule has 7 nitrogen and oxygen atoms in total. The van der Waals surface area contributed by atoms with Crippen LogP contribution < -0.4 is 17.1 Å². The Morgan fingerprint density at radius 3 is 2.00 bits per heavy atom. The summed E-state index contributed by atoms with van der Waals surface area (Å²) in [7, 11) is 0. The molecule has 0 spiro atoms. The molecule has 0 radical (unpaired) electrons. The molecule has 0 aromatic carbocycles. The van der Waals surface area contributed by atoms with Gasteiger partial charge in [0.15, 0.2) is 0 Å². The Morgan fingerprint density at radius 2 is 1.67 bits per heavy atom. The summed E-state index contributed by atoms with van der Waals surface area (Å²) in [5, 5.41) is 8.90. The molecule has 0 aliphatic heterocycles. The van der Waals surface area contributed by atoms with Crippen LogP contribution in [0.25, 0.3) is 0 Å². The molecule has 0 aliphatic rings. The summed E-state index contributed by atoms with van der Waals surface area (Å²) in [6.07, 6.45) is -1.27. The average molecular weight is 173 g/mol. The number of aromatic nitrogens is 3. The van der Waals surface area contributed by atoms with Gasteiger partial charge in [-0.1, -0.05) is 0 Å². The number of hydrogen-bond acceptors (Lipinski definition) is 4. The Labute approximate surface area is 65.3 Å². The van der Waals surface area contributed by atoms with Gasteiger partial charge in [-0.15, -0.1) is 0 Å². The van der Waals surface area contributed by atoms with Crippen LogP contribution in [-0.2, 0) is 0 Å². The number of aliphatic hydroxyl groups is 1. The summed E-state index contributed by atoms with van der Waals surface area (Å²) in [6.45, 7) is 1.23. The van der Waals surface area contributed by atoms with E-state index < -0.39 is 23.3 Å². The fraction of sp³-hybridized carbons (Fsp3) is 0.400. The summed E-state index contributed by atoms with van der Waals surface area (Å²) < 4.78 is 0.487. The van der Waals surface area contributed by atoms with Gasteiger partial charge in [-0.2, -0.15) is 0 Å². The van der Waals surface area contributed by atoms with Crippen LogP contribution in [0.5, 0.6) is 0 Å². The Kier molecular flexibility index (Phi) is 1.96. The smallest absolute Gasteiger partial charge is 0.335 e. The lowest BCUT2D eigenvalue weighted by Gasteiger charge is -2.03. The average Bonchev–Trinajstić information content (AvgIpc) is 1.82. The highest BCUT2D eigenvalue weighted by molar-refractivity contribution is 4.69. The number of nitrogens with zero attached hydrogens (tertiary/aromatic N) is 1. The highest BCUT2D eigenvalue weighted by Gasteiger charge is 2.06. The largest absolute Gasteiger partial charge is 0.373 e. The third-order valence-corrected chi connectivity index (χ3v) is 1.25. The predicted molar refractivity (Wildman–Crippen MR) is 38.9 cm³/mol. The minimum Gasteiger partial charge on any atom is -0.373 e. The molecule has 1 unspecified atom stereocenters. The van der Waals surface area contributed by atoms with Gasteiger partial charge in [0.25, 0.3) is 0 Å². The first-order valence-electron chi connectivity index (χ1n) is 3.15. The third kappa shape index (κ3) is 1.35. The maximum Gasteiger partial charge on any atom is 0.335 e. The van der Waals surface area contributed by atoms with E-state index in [9.17, 15) is 14.4 Å². The predicted octanol–water partition coefficient (Wildman–Crippen LogP) is -2.26. The SMILES string of the molecule is CC(O)n1c(=O)[nH]c(=O)[nH]c1=O. The fourth-order valence-electron chi connectivity index (χ4n) is 0.778. The van der Waals surface area contributed by atoms with Crippen LogP contribution in [0.3, 0.4) is 0 Å². The number of aromatic amines is 2. The van der Waals surface area contributed by atoms with E-state index in [4.69, 9.17) is 5.11 Å². The zero-order chi connectivity index (χ0) is 9.30. The van der Waals surface area contributed by atoms with Crippen LogP contribution in [0.4, 0.5) is 0 Å². The Hall–Kier alpha value is -1.63. The molecule has 0 aliphatic carbocycles. The lowest BCUT2D eigenvalue weighted by atomic mass is 10.6. The second-order valence-electron chi connectivity index (χ2n) is 2.19. The minimum absolute atomic E-state index is 0.487. The van der Waals surface area contributed by atoms with E-state index in [0.717, 1.165) is 0 Å². The molecular weight excluding hydrogens is 166 g/mol. The monoisotopic (exact) mass is 173 g/mol. The molecule has 1 rings (SSSR count). The van der Waals surface area contributed by atoms with Crippen molar-refractivity contribution >= 4 is 0 Å². The molecule has 0 amide bonds. The van der Waals surface area contributed by atoms with E-state index >= 15 is 0 Å². The second-order valence-corrected chi connectivity index (χ2v) is 2.19. The van der Waals surface area contributed by atoms with E-state index in [0.29, 0.717) is 4.57 Å². The zero-order valence-corrected chi connectivity index (χ0v) is 6.20. The quantitative estimate of drug-likeness (QED) is 0.445.